The Morgan fingerprint density at radius 3 is 2.80 bits per heavy atom. The van der Waals surface area contributed by atoms with Crippen molar-refractivity contribution in [2.45, 2.75) is 0 Å². The molecule has 1 N–H and O–H groups in total. The summed E-state index contributed by atoms with van der Waals surface area (Å²) < 4.78 is 19.0. The summed E-state index contributed by atoms with van der Waals surface area (Å²) in [5.41, 5.74) is 2.16. The normalized spacial score (nSPS) is 16.2. The second kappa shape index (κ2) is 7.45. The van der Waals surface area contributed by atoms with Crippen LogP contribution in [0.1, 0.15) is 16.1 Å². The van der Waals surface area contributed by atoms with Crippen molar-refractivity contribution >= 4 is 46.2 Å². The molecule has 1 aliphatic rings. The molecule has 8 heteroatoms. The topological polar surface area (TPSA) is 62.6 Å². The molecule has 1 aromatic heterocycles. The number of carbonyl (C=O) groups is 2. The summed E-state index contributed by atoms with van der Waals surface area (Å²) in [6, 6.07) is 9.01. The minimum Gasteiger partial charge on any atom is -0.465 e. The number of thiocarbonyl (C=S) groups is 1. The number of nitrogens with one attached hydrogen (secondary N) is 1. The Morgan fingerprint density at radius 1 is 1.28 bits per heavy atom. The van der Waals surface area contributed by atoms with Crippen molar-refractivity contribution in [1.29, 1.82) is 0 Å². The lowest BCUT2D eigenvalue weighted by molar-refractivity contribution is -0.123. The lowest BCUT2D eigenvalue weighted by Crippen LogP contribution is -2.45. The van der Waals surface area contributed by atoms with Gasteiger partial charge in [0.1, 0.15) is 11.6 Å². The van der Waals surface area contributed by atoms with E-state index in [2.05, 4.69) is 5.43 Å². The monoisotopic (exact) mass is 374 g/mol. The molecule has 0 spiro atoms. The predicted molar refractivity (Wildman–Crippen MR) is 96.7 cm³/mol. The molecule has 2 amide bonds. The van der Waals surface area contributed by atoms with Crippen molar-refractivity contribution in [2.24, 2.45) is 0 Å². The quantitative estimate of drug-likeness (QED) is 0.655. The number of halogens is 1. The molecule has 126 valence electrons. The Morgan fingerprint density at radius 2 is 2.08 bits per heavy atom. The van der Waals surface area contributed by atoms with Crippen LogP contribution in [-0.2, 0) is 4.79 Å². The lowest BCUT2D eigenvalue weighted by atomic mass is 10.2. The third-order valence-corrected chi connectivity index (χ3v) is 4.50. The van der Waals surface area contributed by atoms with Gasteiger partial charge < -0.3 is 4.42 Å². The SMILES string of the molecule is O=C(NN1C(=O)C(=CC=Cc2ccco2)SC1=S)c1ccccc1F. The minimum absolute atomic E-state index is 0.160. The molecule has 0 radical (unpaired) electrons. The fourth-order valence-corrected chi connectivity index (χ4v) is 3.13. The summed E-state index contributed by atoms with van der Waals surface area (Å²) >= 11 is 6.14. The highest BCUT2D eigenvalue weighted by Gasteiger charge is 2.33. The zero-order valence-corrected chi connectivity index (χ0v) is 14.3. The Bertz CT molecular complexity index is 891. The first-order valence-electron chi connectivity index (χ1n) is 7.10. The highest BCUT2D eigenvalue weighted by Crippen LogP contribution is 2.29. The van der Waals surface area contributed by atoms with E-state index < -0.39 is 17.6 Å². The van der Waals surface area contributed by atoms with Gasteiger partial charge in [-0.15, -0.1) is 0 Å². The standard InChI is InChI=1S/C17H11FN2O3S2/c18-13-8-2-1-7-12(13)15(21)19-20-16(22)14(25-17(20)24)9-3-5-11-6-4-10-23-11/h1-10H,(H,19,21). The summed E-state index contributed by atoms with van der Waals surface area (Å²) in [5, 5.41) is 0.932. The molecule has 0 unspecified atom stereocenters. The van der Waals surface area contributed by atoms with Crippen molar-refractivity contribution in [3.8, 4) is 0 Å². The average Bonchev–Trinajstić information content (AvgIpc) is 3.19. The Kier molecular flexibility index (Phi) is 5.11. The van der Waals surface area contributed by atoms with E-state index in [9.17, 15) is 14.0 Å². The number of hydrogen-bond acceptors (Lipinski definition) is 5. The van der Waals surface area contributed by atoms with E-state index in [0.717, 1.165) is 16.8 Å². The first-order valence-corrected chi connectivity index (χ1v) is 8.32. The van der Waals surface area contributed by atoms with E-state index in [0.29, 0.717) is 10.7 Å². The van der Waals surface area contributed by atoms with E-state index in [-0.39, 0.29) is 9.88 Å². The molecule has 0 aliphatic carbocycles. The van der Waals surface area contributed by atoms with Gasteiger partial charge in [-0.25, -0.2) is 4.39 Å². The van der Waals surface area contributed by atoms with Crippen LogP contribution in [-0.4, -0.2) is 21.1 Å². The predicted octanol–water partition coefficient (Wildman–Crippen LogP) is 3.52. The number of nitrogens with zero attached hydrogens (tertiary/aromatic N) is 1. The maximum Gasteiger partial charge on any atom is 0.285 e. The molecule has 1 saturated heterocycles. The van der Waals surface area contributed by atoms with Crippen LogP contribution in [0.2, 0.25) is 0 Å². The molecule has 5 nitrogen and oxygen atoms in total. The third kappa shape index (κ3) is 3.86. The Labute approximate surface area is 152 Å². The van der Waals surface area contributed by atoms with Gasteiger partial charge in [0.2, 0.25) is 0 Å². The first kappa shape index (κ1) is 17.1. The molecular formula is C17H11FN2O3S2. The van der Waals surface area contributed by atoms with Crippen LogP contribution in [0.5, 0.6) is 0 Å². The summed E-state index contributed by atoms with van der Waals surface area (Å²) in [4.78, 5) is 24.8. The molecule has 2 heterocycles. The van der Waals surface area contributed by atoms with Gasteiger partial charge in [-0.05, 0) is 48.6 Å². The highest BCUT2D eigenvalue weighted by atomic mass is 32.2. The fourth-order valence-electron chi connectivity index (χ4n) is 2.00. The number of hydrazine groups is 1. The van der Waals surface area contributed by atoms with Crippen molar-refractivity contribution in [3.63, 3.8) is 0 Å². The molecule has 0 saturated carbocycles. The smallest absolute Gasteiger partial charge is 0.285 e. The third-order valence-electron chi connectivity index (χ3n) is 3.18. The summed E-state index contributed by atoms with van der Waals surface area (Å²) in [5.74, 6) is -1.27. The van der Waals surface area contributed by atoms with Crippen LogP contribution in [0.15, 0.2) is 64.1 Å². The van der Waals surface area contributed by atoms with E-state index in [1.807, 2.05) is 0 Å². The molecular weight excluding hydrogens is 363 g/mol. The van der Waals surface area contributed by atoms with Crippen LogP contribution >= 0.6 is 24.0 Å². The van der Waals surface area contributed by atoms with Gasteiger partial charge in [0.05, 0.1) is 16.7 Å². The minimum atomic E-state index is -0.748. The van der Waals surface area contributed by atoms with E-state index in [4.69, 9.17) is 16.6 Å². The number of benzene rings is 1. The molecule has 0 bridgehead atoms. The van der Waals surface area contributed by atoms with Gasteiger partial charge in [-0.3, -0.25) is 15.0 Å². The molecule has 1 fully saturated rings. The van der Waals surface area contributed by atoms with E-state index in [1.165, 1.54) is 30.5 Å². The maximum absolute atomic E-state index is 13.7. The van der Waals surface area contributed by atoms with Gasteiger partial charge in [0, 0.05) is 0 Å². The number of rotatable bonds is 4. The first-order chi connectivity index (χ1) is 12.1. The van der Waals surface area contributed by atoms with Crippen LogP contribution in [0.25, 0.3) is 6.08 Å². The molecule has 3 rings (SSSR count). The number of thioether (sulfide) groups is 1. The maximum atomic E-state index is 13.7. The number of amides is 2. The summed E-state index contributed by atoms with van der Waals surface area (Å²) in [6.45, 7) is 0. The molecule has 1 aliphatic heterocycles. The van der Waals surface area contributed by atoms with Crippen molar-refractivity contribution in [1.82, 2.24) is 10.4 Å². The zero-order valence-electron chi connectivity index (χ0n) is 12.6. The summed E-state index contributed by atoms with van der Waals surface area (Å²) in [7, 11) is 0. The number of furan rings is 1. The molecule has 0 atom stereocenters. The Balaban J connectivity index is 1.71. The van der Waals surface area contributed by atoms with Gasteiger partial charge in [-0.2, -0.15) is 5.01 Å². The molecule has 25 heavy (non-hydrogen) atoms. The molecule has 2 aromatic rings. The highest BCUT2D eigenvalue weighted by molar-refractivity contribution is 8.26. The lowest BCUT2D eigenvalue weighted by Gasteiger charge is -2.15. The van der Waals surface area contributed by atoms with Crippen molar-refractivity contribution < 1.29 is 18.4 Å². The van der Waals surface area contributed by atoms with E-state index >= 15 is 0 Å². The van der Waals surface area contributed by atoms with Crippen LogP contribution in [0, 0.1) is 5.82 Å². The second-order valence-corrected chi connectivity index (χ2v) is 6.51. The van der Waals surface area contributed by atoms with Crippen molar-refractivity contribution in [2.75, 3.05) is 0 Å². The largest absolute Gasteiger partial charge is 0.465 e. The zero-order chi connectivity index (χ0) is 17.8. The van der Waals surface area contributed by atoms with E-state index in [1.54, 1.807) is 30.4 Å². The number of hydrogen-bond donors (Lipinski definition) is 1. The van der Waals surface area contributed by atoms with Gasteiger partial charge in [-0.1, -0.05) is 30.0 Å². The number of allylic oxidation sites excluding steroid dienone is 2. The van der Waals surface area contributed by atoms with Crippen LogP contribution in [0.4, 0.5) is 4.39 Å². The van der Waals surface area contributed by atoms with Gasteiger partial charge in [0.15, 0.2) is 4.32 Å². The van der Waals surface area contributed by atoms with Gasteiger partial charge >= 0.3 is 0 Å². The molecule has 1 aromatic carbocycles. The fraction of sp³-hybridized carbons (Fsp3) is 0. The average molecular weight is 374 g/mol. The second-order valence-electron chi connectivity index (χ2n) is 4.83. The van der Waals surface area contributed by atoms with Crippen molar-refractivity contribution in [3.05, 3.63) is 76.9 Å². The summed E-state index contributed by atoms with van der Waals surface area (Å²) in [6.07, 6.45) is 6.43. The number of carbonyl (C=O) groups excluding carboxylic acids is 2. The van der Waals surface area contributed by atoms with Crippen LogP contribution < -0.4 is 5.43 Å². The van der Waals surface area contributed by atoms with Gasteiger partial charge in [0.25, 0.3) is 11.8 Å². The van der Waals surface area contributed by atoms with Crippen LogP contribution in [0.3, 0.4) is 0 Å². The Hall–Kier alpha value is -2.71.